The SMILES string of the molecule is Cc1ccsc1C(NN)c1ccc(Br)cc1F. The van der Waals surface area contributed by atoms with E-state index in [1.807, 2.05) is 24.4 Å². The second-order valence-corrected chi connectivity index (χ2v) is 5.60. The summed E-state index contributed by atoms with van der Waals surface area (Å²) in [5.74, 6) is 5.28. The third-order valence-electron chi connectivity index (χ3n) is 2.60. The number of rotatable bonds is 3. The lowest BCUT2D eigenvalue weighted by atomic mass is 10.0. The molecule has 0 bridgehead atoms. The van der Waals surface area contributed by atoms with Crippen LogP contribution in [0.2, 0.25) is 0 Å². The minimum atomic E-state index is -0.303. The second-order valence-electron chi connectivity index (χ2n) is 3.73. The fraction of sp³-hybridized carbons (Fsp3) is 0.167. The molecule has 1 aromatic heterocycles. The van der Waals surface area contributed by atoms with E-state index in [9.17, 15) is 4.39 Å². The van der Waals surface area contributed by atoms with Gasteiger partial charge in [0, 0.05) is 14.9 Å². The molecule has 2 aromatic rings. The molecule has 1 heterocycles. The van der Waals surface area contributed by atoms with Crippen molar-refractivity contribution in [1.29, 1.82) is 0 Å². The number of hydrazine groups is 1. The summed E-state index contributed by atoms with van der Waals surface area (Å²) >= 11 is 4.81. The lowest BCUT2D eigenvalue weighted by Crippen LogP contribution is -2.29. The number of aryl methyl sites for hydroxylation is 1. The monoisotopic (exact) mass is 314 g/mol. The highest BCUT2D eigenvalue weighted by molar-refractivity contribution is 9.10. The van der Waals surface area contributed by atoms with E-state index in [1.165, 1.54) is 6.07 Å². The number of halogens is 2. The zero-order chi connectivity index (χ0) is 12.4. The maximum absolute atomic E-state index is 13.9. The Morgan fingerprint density at radius 3 is 2.71 bits per heavy atom. The molecule has 1 atom stereocenters. The molecule has 0 spiro atoms. The van der Waals surface area contributed by atoms with E-state index in [-0.39, 0.29) is 11.9 Å². The van der Waals surface area contributed by atoms with Crippen LogP contribution in [0.25, 0.3) is 0 Å². The van der Waals surface area contributed by atoms with Gasteiger partial charge in [-0.25, -0.2) is 9.82 Å². The van der Waals surface area contributed by atoms with E-state index < -0.39 is 0 Å². The van der Waals surface area contributed by atoms with Gasteiger partial charge < -0.3 is 0 Å². The molecule has 0 saturated carbocycles. The van der Waals surface area contributed by atoms with Crippen LogP contribution < -0.4 is 11.3 Å². The molecule has 3 N–H and O–H groups in total. The lowest BCUT2D eigenvalue weighted by molar-refractivity contribution is 0.562. The molecule has 0 aliphatic rings. The van der Waals surface area contributed by atoms with Crippen LogP contribution in [-0.4, -0.2) is 0 Å². The van der Waals surface area contributed by atoms with Gasteiger partial charge in [-0.05, 0) is 36.1 Å². The summed E-state index contributed by atoms with van der Waals surface area (Å²) in [5, 5.41) is 1.98. The van der Waals surface area contributed by atoms with Gasteiger partial charge in [-0.2, -0.15) is 0 Å². The Bertz CT molecular complexity index is 527. The Morgan fingerprint density at radius 2 is 2.18 bits per heavy atom. The Morgan fingerprint density at radius 1 is 1.41 bits per heavy atom. The van der Waals surface area contributed by atoms with Crippen molar-refractivity contribution in [1.82, 2.24) is 5.43 Å². The number of benzene rings is 1. The van der Waals surface area contributed by atoms with E-state index in [0.29, 0.717) is 5.56 Å². The van der Waals surface area contributed by atoms with E-state index in [1.54, 1.807) is 17.4 Å². The first-order valence-electron chi connectivity index (χ1n) is 5.08. The van der Waals surface area contributed by atoms with Crippen LogP contribution in [0.3, 0.4) is 0 Å². The number of hydrogen-bond acceptors (Lipinski definition) is 3. The molecule has 1 unspecified atom stereocenters. The smallest absolute Gasteiger partial charge is 0.129 e. The fourth-order valence-corrected chi connectivity index (χ4v) is 3.06. The molecule has 0 aliphatic heterocycles. The van der Waals surface area contributed by atoms with E-state index >= 15 is 0 Å². The molecule has 2 nitrogen and oxygen atoms in total. The third kappa shape index (κ3) is 2.57. The molecule has 2 rings (SSSR count). The molecule has 17 heavy (non-hydrogen) atoms. The van der Waals surface area contributed by atoms with Crippen molar-refractivity contribution in [3.8, 4) is 0 Å². The van der Waals surface area contributed by atoms with Crippen LogP contribution in [0, 0.1) is 12.7 Å². The second kappa shape index (κ2) is 5.27. The molecule has 0 radical (unpaired) electrons. The molecule has 0 aliphatic carbocycles. The quantitative estimate of drug-likeness (QED) is 0.672. The summed E-state index contributed by atoms with van der Waals surface area (Å²) in [6.07, 6.45) is 0. The first-order chi connectivity index (χ1) is 8.13. The number of thiophene rings is 1. The van der Waals surface area contributed by atoms with Gasteiger partial charge in [0.1, 0.15) is 5.82 Å². The number of nitrogens with two attached hydrogens (primary N) is 1. The Balaban J connectivity index is 2.46. The van der Waals surface area contributed by atoms with Gasteiger partial charge in [0.05, 0.1) is 6.04 Å². The maximum atomic E-state index is 13.9. The molecular weight excluding hydrogens is 303 g/mol. The molecule has 0 saturated heterocycles. The normalized spacial score (nSPS) is 12.7. The summed E-state index contributed by atoms with van der Waals surface area (Å²) in [5.41, 5.74) is 4.35. The third-order valence-corrected chi connectivity index (χ3v) is 4.18. The van der Waals surface area contributed by atoms with E-state index in [2.05, 4.69) is 21.4 Å². The van der Waals surface area contributed by atoms with Gasteiger partial charge in [-0.15, -0.1) is 11.3 Å². The van der Waals surface area contributed by atoms with Gasteiger partial charge in [-0.1, -0.05) is 22.0 Å². The highest BCUT2D eigenvalue weighted by Gasteiger charge is 2.19. The van der Waals surface area contributed by atoms with Crippen molar-refractivity contribution >= 4 is 27.3 Å². The minimum absolute atomic E-state index is 0.268. The first kappa shape index (κ1) is 12.7. The standard InChI is InChI=1S/C12H12BrFN2S/c1-7-4-5-17-12(7)11(16-15)9-3-2-8(13)6-10(9)14/h2-6,11,16H,15H2,1H3. The summed E-state index contributed by atoms with van der Waals surface area (Å²) in [6, 6.07) is 6.70. The van der Waals surface area contributed by atoms with Gasteiger partial charge in [0.15, 0.2) is 0 Å². The molecule has 5 heteroatoms. The zero-order valence-electron chi connectivity index (χ0n) is 9.21. The molecular formula is C12H12BrFN2S. The van der Waals surface area contributed by atoms with Crippen LogP contribution in [0.1, 0.15) is 22.0 Å². The Kier molecular flexibility index (Phi) is 3.93. The average Bonchev–Trinajstić information content (AvgIpc) is 2.69. The van der Waals surface area contributed by atoms with E-state index in [0.717, 1.165) is 14.9 Å². The van der Waals surface area contributed by atoms with Crippen LogP contribution >= 0.6 is 27.3 Å². The number of nitrogens with one attached hydrogen (secondary N) is 1. The van der Waals surface area contributed by atoms with Gasteiger partial charge in [-0.3, -0.25) is 5.84 Å². The van der Waals surface area contributed by atoms with Gasteiger partial charge in [0.25, 0.3) is 0 Å². The van der Waals surface area contributed by atoms with Crippen molar-refractivity contribution < 1.29 is 4.39 Å². The van der Waals surface area contributed by atoms with Crippen LogP contribution in [-0.2, 0) is 0 Å². The van der Waals surface area contributed by atoms with Crippen molar-refractivity contribution in [2.75, 3.05) is 0 Å². The van der Waals surface area contributed by atoms with Crippen molar-refractivity contribution in [3.63, 3.8) is 0 Å². The zero-order valence-corrected chi connectivity index (χ0v) is 11.6. The highest BCUT2D eigenvalue weighted by Crippen LogP contribution is 2.31. The van der Waals surface area contributed by atoms with Crippen LogP contribution in [0.15, 0.2) is 34.1 Å². The fourth-order valence-electron chi connectivity index (χ4n) is 1.72. The highest BCUT2D eigenvalue weighted by atomic mass is 79.9. The summed E-state index contributed by atoms with van der Waals surface area (Å²) in [6.45, 7) is 1.99. The average molecular weight is 315 g/mol. The molecule has 0 amide bonds. The van der Waals surface area contributed by atoms with Gasteiger partial charge >= 0.3 is 0 Å². The maximum Gasteiger partial charge on any atom is 0.129 e. The van der Waals surface area contributed by atoms with Crippen molar-refractivity contribution in [3.05, 3.63) is 55.9 Å². The first-order valence-corrected chi connectivity index (χ1v) is 6.76. The minimum Gasteiger partial charge on any atom is -0.271 e. The lowest BCUT2D eigenvalue weighted by Gasteiger charge is -2.17. The van der Waals surface area contributed by atoms with Crippen LogP contribution in [0.5, 0.6) is 0 Å². The topological polar surface area (TPSA) is 38.0 Å². The van der Waals surface area contributed by atoms with Crippen molar-refractivity contribution in [2.45, 2.75) is 13.0 Å². The summed E-state index contributed by atoms with van der Waals surface area (Å²) < 4.78 is 14.6. The predicted molar refractivity (Wildman–Crippen MR) is 72.3 cm³/mol. The predicted octanol–water partition coefficient (Wildman–Crippen LogP) is 3.51. The molecule has 0 fully saturated rings. The number of hydrogen-bond donors (Lipinski definition) is 2. The van der Waals surface area contributed by atoms with Crippen LogP contribution in [0.4, 0.5) is 4.39 Å². The summed E-state index contributed by atoms with van der Waals surface area (Å²) in [4.78, 5) is 1.04. The van der Waals surface area contributed by atoms with Gasteiger partial charge in [0.2, 0.25) is 0 Å². The Hall–Kier alpha value is -0.750. The largest absolute Gasteiger partial charge is 0.271 e. The molecule has 1 aromatic carbocycles. The molecule has 90 valence electrons. The van der Waals surface area contributed by atoms with E-state index in [4.69, 9.17) is 5.84 Å². The summed E-state index contributed by atoms with van der Waals surface area (Å²) in [7, 11) is 0. The Labute approximate surface area is 112 Å². The van der Waals surface area contributed by atoms with Crippen molar-refractivity contribution in [2.24, 2.45) is 5.84 Å².